The average Bonchev–Trinajstić information content (AvgIpc) is 2.94. The average molecular weight is 371 g/mol. The van der Waals surface area contributed by atoms with Crippen LogP contribution in [0.15, 0.2) is 53.8 Å². The molecule has 0 bridgehead atoms. The molecule has 3 aromatic rings. The number of nitrogens with one attached hydrogen (secondary N) is 1. The number of primary amides is 1. The molecular formula is C18H15ClN4O3. The molecule has 0 atom stereocenters. The van der Waals surface area contributed by atoms with Gasteiger partial charge in [-0.05, 0) is 24.3 Å². The van der Waals surface area contributed by atoms with E-state index in [0.29, 0.717) is 0 Å². The molecule has 0 aliphatic heterocycles. The molecular weight excluding hydrogens is 356 g/mol. The molecule has 7 nitrogen and oxygen atoms in total. The topological polar surface area (TPSA) is 110 Å². The predicted octanol–water partition coefficient (Wildman–Crippen LogP) is 2.25. The number of halogens is 1. The summed E-state index contributed by atoms with van der Waals surface area (Å²) in [6.07, 6.45) is 3.22. The maximum absolute atomic E-state index is 12.1. The third kappa shape index (κ3) is 3.68. The molecule has 0 saturated carbocycles. The second-order valence-electron chi connectivity index (χ2n) is 5.56. The Hall–Kier alpha value is -3.32. The van der Waals surface area contributed by atoms with Crippen LogP contribution in [-0.4, -0.2) is 27.7 Å². The zero-order valence-corrected chi connectivity index (χ0v) is 14.3. The van der Waals surface area contributed by atoms with E-state index in [9.17, 15) is 14.7 Å². The fourth-order valence-corrected chi connectivity index (χ4v) is 2.73. The number of amides is 2. The number of benzene rings is 2. The van der Waals surface area contributed by atoms with E-state index >= 15 is 0 Å². The van der Waals surface area contributed by atoms with Crippen molar-refractivity contribution in [2.45, 2.75) is 6.54 Å². The number of hydrogen-bond donors (Lipinski definition) is 3. The Bertz CT molecular complexity index is 1030. The van der Waals surface area contributed by atoms with Crippen molar-refractivity contribution in [2.24, 2.45) is 10.8 Å². The first-order chi connectivity index (χ1) is 12.5. The van der Waals surface area contributed by atoms with Gasteiger partial charge in [-0.2, -0.15) is 5.10 Å². The highest BCUT2D eigenvalue weighted by atomic mass is 35.5. The molecule has 0 spiro atoms. The maximum Gasteiger partial charge on any atom is 0.271 e. The number of aromatic hydroxyl groups is 1. The highest BCUT2D eigenvalue weighted by Crippen LogP contribution is 2.23. The van der Waals surface area contributed by atoms with E-state index in [1.54, 1.807) is 10.8 Å². The Balaban J connectivity index is 1.81. The number of para-hydroxylation sites is 1. The predicted molar refractivity (Wildman–Crippen MR) is 99.3 cm³/mol. The molecule has 1 aromatic heterocycles. The Kier molecular flexibility index (Phi) is 4.90. The van der Waals surface area contributed by atoms with E-state index in [2.05, 4.69) is 10.5 Å². The number of phenols is 1. The fraction of sp³-hybridized carbons (Fsp3) is 0.0556. The van der Waals surface area contributed by atoms with E-state index in [1.165, 1.54) is 24.4 Å². The summed E-state index contributed by atoms with van der Waals surface area (Å²) in [5.41, 5.74) is 9.50. The molecule has 3 rings (SSSR count). The second kappa shape index (κ2) is 7.28. The van der Waals surface area contributed by atoms with Gasteiger partial charge in [0.15, 0.2) is 0 Å². The van der Waals surface area contributed by atoms with Gasteiger partial charge in [-0.3, -0.25) is 9.59 Å². The highest BCUT2D eigenvalue weighted by Gasteiger charge is 2.09. The Morgan fingerprint density at radius 1 is 1.27 bits per heavy atom. The molecule has 0 aliphatic rings. The van der Waals surface area contributed by atoms with Crippen LogP contribution in [0.3, 0.4) is 0 Å². The smallest absolute Gasteiger partial charge is 0.271 e. The summed E-state index contributed by atoms with van der Waals surface area (Å²) in [6.45, 7) is 0.0483. The first-order valence-corrected chi connectivity index (χ1v) is 8.01. The van der Waals surface area contributed by atoms with Crippen LogP contribution in [-0.2, 0) is 11.3 Å². The molecule has 2 amide bonds. The first-order valence-electron chi connectivity index (χ1n) is 7.64. The molecule has 0 unspecified atom stereocenters. The van der Waals surface area contributed by atoms with Gasteiger partial charge in [0.25, 0.3) is 5.91 Å². The van der Waals surface area contributed by atoms with Gasteiger partial charge in [0.05, 0.1) is 11.2 Å². The molecule has 132 valence electrons. The number of rotatable bonds is 5. The molecule has 1 heterocycles. The lowest BCUT2D eigenvalue weighted by Crippen LogP contribution is -2.18. The van der Waals surface area contributed by atoms with Crippen molar-refractivity contribution in [2.75, 3.05) is 0 Å². The van der Waals surface area contributed by atoms with E-state index in [4.69, 9.17) is 17.3 Å². The summed E-state index contributed by atoms with van der Waals surface area (Å²) in [5, 5.41) is 14.3. The van der Waals surface area contributed by atoms with E-state index in [1.807, 2.05) is 24.3 Å². The van der Waals surface area contributed by atoms with E-state index < -0.39 is 11.8 Å². The molecule has 0 aliphatic carbocycles. The standard InChI is InChI=1S/C18H15ClN4O3/c19-14-7-11(5-6-16(14)24)18(26)22-21-8-12-9-23(10-17(20)25)15-4-2-1-3-13(12)15/h1-9,24H,10H2,(H2,20,25)(H,22,26)/b21-8+. The number of fused-ring (bicyclic) bond motifs is 1. The Morgan fingerprint density at radius 3 is 2.77 bits per heavy atom. The van der Waals surface area contributed by atoms with Crippen LogP contribution in [0.5, 0.6) is 5.75 Å². The molecule has 26 heavy (non-hydrogen) atoms. The van der Waals surface area contributed by atoms with Gasteiger partial charge in [0.1, 0.15) is 12.3 Å². The van der Waals surface area contributed by atoms with Crippen molar-refractivity contribution in [1.82, 2.24) is 9.99 Å². The third-order valence-corrected chi connectivity index (χ3v) is 4.03. The number of nitrogens with zero attached hydrogens (tertiary/aromatic N) is 2. The molecule has 4 N–H and O–H groups in total. The fourth-order valence-electron chi connectivity index (χ4n) is 2.55. The first kappa shape index (κ1) is 17.5. The Labute approximate surface area is 153 Å². The van der Waals surface area contributed by atoms with Crippen LogP contribution in [0.2, 0.25) is 5.02 Å². The van der Waals surface area contributed by atoms with Crippen LogP contribution in [0, 0.1) is 0 Å². The normalized spacial score (nSPS) is 11.1. The number of carbonyl (C=O) groups excluding carboxylic acids is 2. The lowest BCUT2D eigenvalue weighted by atomic mass is 10.2. The van der Waals surface area contributed by atoms with Crippen molar-refractivity contribution in [3.63, 3.8) is 0 Å². The van der Waals surface area contributed by atoms with Gasteiger partial charge in [-0.1, -0.05) is 29.8 Å². The minimum Gasteiger partial charge on any atom is -0.506 e. The zero-order valence-electron chi connectivity index (χ0n) is 13.5. The van der Waals surface area contributed by atoms with E-state index in [-0.39, 0.29) is 22.9 Å². The minimum absolute atomic E-state index is 0.0483. The number of nitrogens with two attached hydrogens (primary N) is 1. The van der Waals surface area contributed by atoms with Crippen molar-refractivity contribution in [3.8, 4) is 5.75 Å². The van der Waals surface area contributed by atoms with Crippen molar-refractivity contribution < 1.29 is 14.7 Å². The van der Waals surface area contributed by atoms with E-state index in [0.717, 1.165) is 16.5 Å². The van der Waals surface area contributed by atoms with Crippen molar-refractivity contribution in [3.05, 3.63) is 64.8 Å². The van der Waals surface area contributed by atoms with Gasteiger partial charge in [0.2, 0.25) is 5.91 Å². The monoisotopic (exact) mass is 370 g/mol. The number of hydrazone groups is 1. The van der Waals surface area contributed by atoms with Gasteiger partial charge in [-0.25, -0.2) is 5.43 Å². The molecule has 0 saturated heterocycles. The van der Waals surface area contributed by atoms with Gasteiger partial charge >= 0.3 is 0 Å². The van der Waals surface area contributed by atoms with Gasteiger partial charge < -0.3 is 15.4 Å². The summed E-state index contributed by atoms with van der Waals surface area (Å²) in [4.78, 5) is 23.3. The van der Waals surface area contributed by atoms with Crippen molar-refractivity contribution in [1.29, 1.82) is 0 Å². The van der Waals surface area contributed by atoms with Crippen LogP contribution >= 0.6 is 11.6 Å². The SMILES string of the molecule is NC(=O)Cn1cc(/C=N/NC(=O)c2ccc(O)c(Cl)c2)c2ccccc21. The molecule has 2 aromatic carbocycles. The number of phenolic OH excluding ortho intramolecular Hbond substituents is 1. The highest BCUT2D eigenvalue weighted by molar-refractivity contribution is 6.32. The Morgan fingerprint density at radius 2 is 2.04 bits per heavy atom. The van der Waals surface area contributed by atoms with Crippen LogP contribution in [0.1, 0.15) is 15.9 Å². The number of aromatic nitrogens is 1. The molecule has 8 heteroatoms. The lowest BCUT2D eigenvalue weighted by Gasteiger charge is -2.01. The summed E-state index contributed by atoms with van der Waals surface area (Å²) in [6, 6.07) is 11.6. The second-order valence-corrected chi connectivity index (χ2v) is 5.97. The summed E-state index contributed by atoms with van der Waals surface area (Å²) in [7, 11) is 0. The van der Waals surface area contributed by atoms with Crippen LogP contribution in [0.4, 0.5) is 0 Å². The van der Waals surface area contributed by atoms with Crippen LogP contribution in [0.25, 0.3) is 10.9 Å². The number of carbonyl (C=O) groups is 2. The third-order valence-electron chi connectivity index (χ3n) is 3.73. The summed E-state index contributed by atoms with van der Waals surface area (Å²) in [5.74, 6) is -1.02. The molecule has 0 fully saturated rings. The van der Waals surface area contributed by atoms with Crippen LogP contribution < -0.4 is 11.2 Å². The summed E-state index contributed by atoms with van der Waals surface area (Å²) < 4.78 is 1.72. The molecule has 0 radical (unpaired) electrons. The minimum atomic E-state index is -0.468. The lowest BCUT2D eigenvalue weighted by molar-refractivity contribution is -0.118. The van der Waals surface area contributed by atoms with Gasteiger partial charge in [0, 0.05) is 28.2 Å². The maximum atomic E-state index is 12.1. The number of hydrogen-bond acceptors (Lipinski definition) is 4. The largest absolute Gasteiger partial charge is 0.506 e. The zero-order chi connectivity index (χ0) is 18.7. The van der Waals surface area contributed by atoms with Crippen molar-refractivity contribution >= 4 is 40.5 Å². The quantitative estimate of drug-likeness (QED) is 0.473. The summed E-state index contributed by atoms with van der Waals surface area (Å²) >= 11 is 5.79. The van der Waals surface area contributed by atoms with Gasteiger partial charge in [-0.15, -0.1) is 0 Å².